The van der Waals surface area contributed by atoms with Crippen LogP contribution in [-0.2, 0) is 15.4 Å². The largest absolute Gasteiger partial charge is 0.243 e. The van der Waals surface area contributed by atoms with Gasteiger partial charge in [-0.1, -0.05) is 48.5 Å². The van der Waals surface area contributed by atoms with E-state index in [4.69, 9.17) is 0 Å². The lowest BCUT2D eigenvalue weighted by molar-refractivity contribution is 0.277. The fourth-order valence-corrected chi connectivity index (χ4v) is 4.98. The van der Waals surface area contributed by atoms with E-state index in [0.29, 0.717) is 30.8 Å². The Hall–Kier alpha value is -2.16. The van der Waals surface area contributed by atoms with E-state index in [0.717, 1.165) is 11.1 Å². The normalized spacial score (nSPS) is 18.0. The Bertz CT molecular complexity index is 862. The van der Waals surface area contributed by atoms with Crippen LogP contribution >= 0.6 is 0 Å². The summed E-state index contributed by atoms with van der Waals surface area (Å²) in [6.07, 6.45) is 1.03. The quantitative estimate of drug-likeness (QED) is 0.862. The average Bonchev–Trinajstić information content (AvgIpc) is 2.62. The van der Waals surface area contributed by atoms with Crippen LogP contribution in [0.1, 0.15) is 24.0 Å². The van der Waals surface area contributed by atoms with Crippen LogP contribution < -0.4 is 0 Å². The van der Waals surface area contributed by atoms with E-state index in [-0.39, 0.29) is 0 Å². The van der Waals surface area contributed by atoms with Crippen LogP contribution in [0.4, 0.5) is 0 Å². The van der Waals surface area contributed by atoms with Crippen molar-refractivity contribution in [3.63, 3.8) is 0 Å². The maximum Gasteiger partial charge on any atom is 0.243 e. The standard InChI is InChI=1S/C19H20N2O2S/c1-16-7-5-6-10-18(16)24(22,23)21-13-11-19(15-20,12-14-21)17-8-3-2-4-9-17/h2-10H,11-14H2,1H3. The number of aryl methyl sites for hydroxylation is 1. The highest BCUT2D eigenvalue weighted by atomic mass is 32.2. The van der Waals surface area contributed by atoms with Gasteiger partial charge in [-0.2, -0.15) is 9.57 Å². The fraction of sp³-hybridized carbons (Fsp3) is 0.316. The molecule has 1 heterocycles. The predicted molar refractivity (Wildman–Crippen MR) is 92.9 cm³/mol. The van der Waals surface area contributed by atoms with E-state index in [1.807, 2.05) is 36.4 Å². The molecule has 1 aliphatic heterocycles. The summed E-state index contributed by atoms with van der Waals surface area (Å²) in [6, 6.07) is 19.1. The lowest BCUT2D eigenvalue weighted by Gasteiger charge is -2.37. The van der Waals surface area contributed by atoms with Gasteiger partial charge in [-0.3, -0.25) is 0 Å². The van der Waals surface area contributed by atoms with E-state index in [1.165, 1.54) is 4.31 Å². The molecule has 124 valence electrons. The molecule has 3 rings (SSSR count). The summed E-state index contributed by atoms with van der Waals surface area (Å²) >= 11 is 0. The zero-order valence-corrected chi connectivity index (χ0v) is 14.5. The SMILES string of the molecule is Cc1ccccc1S(=O)(=O)N1CCC(C#N)(c2ccccc2)CC1. The molecule has 0 aliphatic carbocycles. The Balaban J connectivity index is 1.85. The van der Waals surface area contributed by atoms with Crippen LogP contribution in [-0.4, -0.2) is 25.8 Å². The number of hydrogen-bond donors (Lipinski definition) is 0. The number of benzene rings is 2. The number of nitrogens with zero attached hydrogens (tertiary/aromatic N) is 2. The molecule has 0 N–H and O–H groups in total. The summed E-state index contributed by atoms with van der Waals surface area (Å²) in [6.45, 7) is 2.53. The maximum absolute atomic E-state index is 12.9. The minimum absolute atomic E-state index is 0.356. The molecular formula is C19H20N2O2S. The van der Waals surface area contributed by atoms with Gasteiger partial charge in [0.2, 0.25) is 10.0 Å². The predicted octanol–water partition coefficient (Wildman–Crippen LogP) is 3.24. The van der Waals surface area contributed by atoms with Gasteiger partial charge in [0, 0.05) is 13.1 Å². The molecule has 0 aromatic heterocycles. The topological polar surface area (TPSA) is 61.2 Å². The van der Waals surface area contributed by atoms with Gasteiger partial charge in [-0.15, -0.1) is 0 Å². The van der Waals surface area contributed by atoms with Crippen LogP contribution in [0.5, 0.6) is 0 Å². The molecule has 1 aliphatic rings. The molecule has 1 fully saturated rings. The van der Waals surface area contributed by atoms with Gasteiger partial charge in [0.15, 0.2) is 0 Å². The Morgan fingerprint density at radius 2 is 1.58 bits per heavy atom. The molecule has 0 amide bonds. The summed E-state index contributed by atoms with van der Waals surface area (Å²) in [7, 11) is -3.51. The minimum Gasteiger partial charge on any atom is -0.207 e. The third-order valence-electron chi connectivity index (χ3n) is 4.83. The van der Waals surface area contributed by atoms with Crippen molar-refractivity contribution >= 4 is 10.0 Å². The zero-order valence-electron chi connectivity index (χ0n) is 13.6. The average molecular weight is 340 g/mol. The molecule has 0 atom stereocenters. The van der Waals surface area contributed by atoms with Crippen molar-refractivity contribution < 1.29 is 8.42 Å². The van der Waals surface area contributed by atoms with Crippen molar-refractivity contribution in [3.05, 3.63) is 65.7 Å². The lowest BCUT2D eigenvalue weighted by Crippen LogP contribution is -2.44. The molecule has 2 aromatic carbocycles. The summed E-state index contributed by atoms with van der Waals surface area (Å²) < 4.78 is 27.3. The van der Waals surface area contributed by atoms with Crippen LogP contribution in [0.2, 0.25) is 0 Å². The summed E-state index contributed by atoms with van der Waals surface area (Å²) in [5.41, 5.74) is 1.12. The fourth-order valence-electron chi connectivity index (χ4n) is 3.32. The van der Waals surface area contributed by atoms with Crippen molar-refractivity contribution in [1.29, 1.82) is 5.26 Å². The van der Waals surface area contributed by atoms with Gasteiger partial charge in [-0.25, -0.2) is 8.42 Å². The van der Waals surface area contributed by atoms with E-state index in [1.54, 1.807) is 25.1 Å². The molecule has 0 bridgehead atoms. The van der Waals surface area contributed by atoms with Crippen molar-refractivity contribution in [1.82, 2.24) is 4.31 Å². The number of piperidine rings is 1. The zero-order chi connectivity index (χ0) is 17.2. The molecule has 0 spiro atoms. The van der Waals surface area contributed by atoms with Crippen molar-refractivity contribution in [2.75, 3.05) is 13.1 Å². The number of hydrogen-bond acceptors (Lipinski definition) is 3. The van der Waals surface area contributed by atoms with Crippen molar-refractivity contribution in [2.45, 2.75) is 30.1 Å². The van der Waals surface area contributed by atoms with E-state index in [9.17, 15) is 13.7 Å². The van der Waals surface area contributed by atoms with Crippen LogP contribution in [0.15, 0.2) is 59.5 Å². The lowest BCUT2D eigenvalue weighted by atomic mass is 9.74. The molecule has 1 saturated heterocycles. The Morgan fingerprint density at radius 1 is 1.00 bits per heavy atom. The second-order valence-corrected chi connectivity index (χ2v) is 8.14. The molecule has 24 heavy (non-hydrogen) atoms. The van der Waals surface area contributed by atoms with Crippen molar-refractivity contribution in [2.24, 2.45) is 0 Å². The van der Waals surface area contributed by atoms with Crippen LogP contribution in [0, 0.1) is 18.3 Å². The summed E-state index contributed by atoms with van der Waals surface area (Å²) in [5, 5.41) is 9.73. The summed E-state index contributed by atoms with van der Waals surface area (Å²) in [4.78, 5) is 0.356. The highest BCUT2D eigenvalue weighted by Gasteiger charge is 2.40. The second-order valence-electron chi connectivity index (χ2n) is 6.23. The van der Waals surface area contributed by atoms with Gasteiger partial charge in [0.25, 0.3) is 0 Å². The highest BCUT2D eigenvalue weighted by Crippen LogP contribution is 2.36. The third-order valence-corrected chi connectivity index (χ3v) is 6.89. The van der Waals surface area contributed by atoms with Gasteiger partial charge < -0.3 is 0 Å². The van der Waals surface area contributed by atoms with E-state index < -0.39 is 15.4 Å². The Kier molecular flexibility index (Phi) is 4.44. The van der Waals surface area contributed by atoms with Gasteiger partial charge in [0.05, 0.1) is 16.4 Å². The second kappa shape index (κ2) is 6.39. The molecule has 0 radical (unpaired) electrons. The Labute approximate surface area is 143 Å². The first kappa shape index (κ1) is 16.7. The van der Waals surface area contributed by atoms with E-state index >= 15 is 0 Å². The number of rotatable bonds is 3. The number of nitriles is 1. The van der Waals surface area contributed by atoms with E-state index in [2.05, 4.69) is 6.07 Å². The van der Waals surface area contributed by atoms with Gasteiger partial charge >= 0.3 is 0 Å². The monoisotopic (exact) mass is 340 g/mol. The van der Waals surface area contributed by atoms with Crippen molar-refractivity contribution in [3.8, 4) is 6.07 Å². The maximum atomic E-state index is 12.9. The minimum atomic E-state index is -3.51. The first-order chi connectivity index (χ1) is 11.5. The smallest absolute Gasteiger partial charge is 0.207 e. The highest BCUT2D eigenvalue weighted by molar-refractivity contribution is 7.89. The van der Waals surface area contributed by atoms with Crippen LogP contribution in [0.3, 0.4) is 0 Å². The third kappa shape index (κ3) is 2.83. The molecule has 4 nitrogen and oxygen atoms in total. The van der Waals surface area contributed by atoms with Gasteiger partial charge in [0.1, 0.15) is 0 Å². The molecule has 0 unspecified atom stereocenters. The molecular weight excluding hydrogens is 320 g/mol. The first-order valence-electron chi connectivity index (χ1n) is 8.02. The van der Waals surface area contributed by atoms with Gasteiger partial charge in [-0.05, 0) is 37.0 Å². The van der Waals surface area contributed by atoms with Crippen LogP contribution in [0.25, 0.3) is 0 Å². The molecule has 0 saturated carbocycles. The molecule has 5 heteroatoms. The number of sulfonamides is 1. The Morgan fingerprint density at radius 3 is 2.17 bits per heavy atom. The molecule has 2 aromatic rings. The first-order valence-corrected chi connectivity index (χ1v) is 9.46. The summed E-state index contributed by atoms with van der Waals surface area (Å²) in [5.74, 6) is 0.